The first kappa shape index (κ1) is 33.7. The average molecular weight is 640 g/mol. The second-order valence-corrected chi connectivity index (χ2v) is 12.0. The predicted octanol–water partition coefficient (Wildman–Crippen LogP) is 5.90. The van der Waals surface area contributed by atoms with Crippen LogP contribution in [0.2, 0.25) is 5.02 Å². The number of sulfonamides is 1. The van der Waals surface area contributed by atoms with Crippen molar-refractivity contribution >= 4 is 39.1 Å². The lowest BCUT2D eigenvalue weighted by Gasteiger charge is -2.32. The summed E-state index contributed by atoms with van der Waals surface area (Å²) in [6, 6.07) is 14.9. The minimum atomic E-state index is -4.81. The van der Waals surface area contributed by atoms with E-state index < -0.39 is 51.9 Å². The Kier molecular flexibility index (Phi) is 11.5. The van der Waals surface area contributed by atoms with Crippen molar-refractivity contribution in [3.63, 3.8) is 0 Å². The van der Waals surface area contributed by atoms with Gasteiger partial charge in [-0.05, 0) is 61.4 Å². The second-order valence-electron chi connectivity index (χ2n) is 9.68. The van der Waals surface area contributed by atoms with Crippen LogP contribution >= 0.6 is 11.6 Å². The van der Waals surface area contributed by atoms with E-state index in [9.17, 15) is 31.2 Å². The summed E-state index contributed by atoms with van der Waals surface area (Å²) >= 11 is 6.27. The van der Waals surface area contributed by atoms with Crippen LogP contribution in [0.3, 0.4) is 0 Å². The van der Waals surface area contributed by atoms with Crippen LogP contribution in [0.15, 0.2) is 77.7 Å². The summed E-state index contributed by atoms with van der Waals surface area (Å²) in [7, 11) is -3.13. The Balaban J connectivity index is 2.10. The smallest absolute Gasteiger partial charge is 0.416 e. The monoisotopic (exact) mass is 639 g/mol. The molecule has 1 N–H and O–H groups in total. The van der Waals surface area contributed by atoms with Crippen LogP contribution in [-0.4, -0.2) is 51.4 Å². The summed E-state index contributed by atoms with van der Waals surface area (Å²) in [5.41, 5.74) is -1.10. The van der Waals surface area contributed by atoms with Gasteiger partial charge in [0.25, 0.3) is 10.0 Å². The van der Waals surface area contributed by atoms with Crippen LogP contribution in [0.1, 0.15) is 37.8 Å². The first-order chi connectivity index (χ1) is 20.3. The number of carbonyl (C=O) groups excluding carboxylic acids is 2. The third-order valence-corrected chi connectivity index (χ3v) is 8.73. The highest BCUT2D eigenvalue weighted by Crippen LogP contribution is 2.37. The van der Waals surface area contributed by atoms with Gasteiger partial charge in [0.1, 0.15) is 18.3 Å². The SMILES string of the molecule is CCCCNC(=O)[C@H](C)N(Cc1cccc(OC)c1)C(=O)CN(c1cc(C(F)(F)F)ccc1Cl)S(=O)(=O)c1ccccc1. The van der Waals surface area contributed by atoms with E-state index in [1.807, 2.05) is 6.92 Å². The summed E-state index contributed by atoms with van der Waals surface area (Å²) in [5.74, 6) is -0.817. The first-order valence-corrected chi connectivity index (χ1v) is 15.3. The van der Waals surface area contributed by atoms with Gasteiger partial charge in [0, 0.05) is 13.1 Å². The number of hydrogen-bond donors (Lipinski definition) is 1. The second kappa shape index (κ2) is 14.6. The highest BCUT2D eigenvalue weighted by molar-refractivity contribution is 7.92. The molecule has 0 aliphatic carbocycles. The molecule has 2 amide bonds. The number of hydrogen-bond acceptors (Lipinski definition) is 5. The molecule has 3 aromatic carbocycles. The van der Waals surface area contributed by atoms with Crippen LogP contribution in [0.5, 0.6) is 5.75 Å². The largest absolute Gasteiger partial charge is 0.497 e. The van der Waals surface area contributed by atoms with Crippen molar-refractivity contribution in [2.75, 3.05) is 24.5 Å². The van der Waals surface area contributed by atoms with Gasteiger partial charge in [-0.1, -0.05) is 55.3 Å². The number of amides is 2. The molecule has 0 aliphatic heterocycles. The predicted molar refractivity (Wildman–Crippen MR) is 158 cm³/mol. The summed E-state index contributed by atoms with van der Waals surface area (Å²) in [6.45, 7) is 2.76. The highest BCUT2D eigenvalue weighted by Gasteiger charge is 2.36. The van der Waals surface area contributed by atoms with Crippen LogP contribution in [0, 0.1) is 0 Å². The number of unbranched alkanes of at least 4 members (excludes halogenated alkanes) is 1. The molecule has 3 rings (SSSR count). The summed E-state index contributed by atoms with van der Waals surface area (Å²) in [4.78, 5) is 27.9. The van der Waals surface area contributed by atoms with Gasteiger partial charge in [-0.15, -0.1) is 0 Å². The summed E-state index contributed by atoms with van der Waals surface area (Å²) in [6.07, 6.45) is -3.28. The van der Waals surface area contributed by atoms with E-state index in [1.54, 1.807) is 30.3 Å². The van der Waals surface area contributed by atoms with Gasteiger partial charge in [-0.3, -0.25) is 13.9 Å². The number of ether oxygens (including phenoxy) is 1. The molecular formula is C30H33ClF3N3O5S. The molecular weight excluding hydrogens is 607 g/mol. The number of nitrogens with one attached hydrogen (secondary N) is 1. The normalized spacial score (nSPS) is 12.3. The summed E-state index contributed by atoms with van der Waals surface area (Å²) in [5, 5.41) is 2.45. The van der Waals surface area contributed by atoms with E-state index in [4.69, 9.17) is 16.3 Å². The number of methoxy groups -OCH3 is 1. The first-order valence-electron chi connectivity index (χ1n) is 13.4. The van der Waals surface area contributed by atoms with Gasteiger partial charge >= 0.3 is 6.18 Å². The fraction of sp³-hybridized carbons (Fsp3) is 0.333. The lowest BCUT2D eigenvalue weighted by molar-refractivity contribution is -0.139. The molecule has 0 unspecified atom stereocenters. The van der Waals surface area contributed by atoms with Gasteiger partial charge in [-0.2, -0.15) is 13.2 Å². The Bertz CT molecular complexity index is 1520. The van der Waals surface area contributed by atoms with Crippen molar-refractivity contribution in [3.05, 3.63) is 88.9 Å². The van der Waals surface area contributed by atoms with Crippen LogP contribution in [-0.2, 0) is 32.3 Å². The van der Waals surface area contributed by atoms with Crippen molar-refractivity contribution in [2.24, 2.45) is 0 Å². The molecule has 13 heteroatoms. The van der Waals surface area contributed by atoms with Gasteiger partial charge < -0.3 is 15.0 Å². The molecule has 43 heavy (non-hydrogen) atoms. The van der Waals surface area contributed by atoms with Gasteiger partial charge in [0.2, 0.25) is 11.8 Å². The van der Waals surface area contributed by atoms with E-state index >= 15 is 0 Å². The Morgan fingerprint density at radius 2 is 1.72 bits per heavy atom. The molecule has 232 valence electrons. The number of alkyl halides is 3. The van der Waals surface area contributed by atoms with Gasteiger partial charge in [0.15, 0.2) is 0 Å². The Labute approximate surface area is 254 Å². The van der Waals surface area contributed by atoms with Crippen molar-refractivity contribution in [2.45, 2.75) is 50.3 Å². The van der Waals surface area contributed by atoms with Crippen molar-refractivity contribution in [1.82, 2.24) is 10.2 Å². The topological polar surface area (TPSA) is 96.0 Å². The number of rotatable bonds is 13. The van der Waals surface area contributed by atoms with Crippen molar-refractivity contribution in [3.8, 4) is 5.75 Å². The molecule has 0 fully saturated rings. The zero-order valence-electron chi connectivity index (χ0n) is 23.9. The maximum absolute atomic E-state index is 14.0. The quantitative estimate of drug-likeness (QED) is 0.235. The minimum absolute atomic E-state index is 0.117. The summed E-state index contributed by atoms with van der Waals surface area (Å²) < 4.78 is 74.5. The van der Waals surface area contributed by atoms with E-state index in [0.717, 1.165) is 18.6 Å². The molecule has 0 spiro atoms. The number of halogens is 4. The lowest BCUT2D eigenvalue weighted by atomic mass is 10.1. The molecule has 0 aromatic heterocycles. The van der Waals surface area contributed by atoms with E-state index in [-0.39, 0.29) is 16.5 Å². The van der Waals surface area contributed by atoms with E-state index in [0.29, 0.717) is 34.7 Å². The van der Waals surface area contributed by atoms with Crippen molar-refractivity contribution < 1.29 is 35.9 Å². The fourth-order valence-corrected chi connectivity index (χ4v) is 5.91. The van der Waals surface area contributed by atoms with Gasteiger partial charge in [-0.25, -0.2) is 8.42 Å². The zero-order valence-corrected chi connectivity index (χ0v) is 25.5. The number of carbonyl (C=O) groups is 2. The molecule has 8 nitrogen and oxygen atoms in total. The van der Waals surface area contributed by atoms with E-state index in [1.165, 1.54) is 43.2 Å². The number of anilines is 1. The fourth-order valence-electron chi connectivity index (χ4n) is 4.20. The van der Waals surface area contributed by atoms with Gasteiger partial charge in [0.05, 0.1) is 28.3 Å². The molecule has 0 bridgehead atoms. The Morgan fingerprint density at radius 3 is 2.35 bits per heavy atom. The molecule has 3 aromatic rings. The Hall–Kier alpha value is -3.77. The molecule has 0 heterocycles. The zero-order chi connectivity index (χ0) is 31.8. The third-order valence-electron chi connectivity index (χ3n) is 6.64. The standard InChI is InChI=1S/C30H33ClF3N3O5S/c1-4-5-16-35-29(39)21(2)36(19-22-10-9-11-24(17-22)42-3)28(38)20-37(43(40,41)25-12-7-6-8-13-25)27-18-23(30(32,33)34)14-15-26(27)31/h6-15,17-18,21H,4-5,16,19-20H2,1-3H3,(H,35,39)/t21-/m0/s1. The number of benzene rings is 3. The maximum Gasteiger partial charge on any atom is 0.416 e. The third kappa shape index (κ3) is 8.64. The number of nitrogens with zero attached hydrogens (tertiary/aromatic N) is 2. The average Bonchev–Trinajstić information content (AvgIpc) is 2.98. The molecule has 0 radical (unpaired) electrons. The molecule has 0 saturated carbocycles. The molecule has 0 saturated heterocycles. The van der Waals surface area contributed by atoms with E-state index in [2.05, 4.69) is 5.32 Å². The van der Waals surface area contributed by atoms with Crippen LogP contribution in [0.4, 0.5) is 18.9 Å². The Morgan fingerprint density at radius 1 is 1.02 bits per heavy atom. The maximum atomic E-state index is 14.0. The van der Waals surface area contributed by atoms with Crippen LogP contribution < -0.4 is 14.4 Å². The lowest BCUT2D eigenvalue weighted by Crippen LogP contribution is -2.51. The molecule has 0 aliphatic rings. The van der Waals surface area contributed by atoms with Crippen molar-refractivity contribution in [1.29, 1.82) is 0 Å². The highest BCUT2D eigenvalue weighted by atomic mass is 35.5. The minimum Gasteiger partial charge on any atom is -0.497 e. The van der Waals surface area contributed by atoms with Crippen LogP contribution in [0.25, 0.3) is 0 Å². The molecule has 1 atom stereocenters.